The van der Waals surface area contributed by atoms with Crippen LogP contribution in [0.5, 0.6) is 11.5 Å². The highest BCUT2D eigenvalue weighted by Gasteiger charge is 2.24. The lowest BCUT2D eigenvalue weighted by molar-refractivity contribution is -0.128. The number of rotatable bonds is 8. The molecule has 4 nitrogen and oxygen atoms in total. The second-order valence-electron chi connectivity index (χ2n) is 6.90. The Labute approximate surface area is 172 Å². The highest BCUT2D eigenvalue weighted by molar-refractivity contribution is 5.82. The predicted octanol–water partition coefficient (Wildman–Crippen LogP) is 5.07. The average Bonchev–Trinajstić information content (AvgIpc) is 2.77. The van der Waals surface area contributed by atoms with Gasteiger partial charge in [-0.05, 0) is 54.3 Å². The zero-order chi connectivity index (χ0) is 20.6. The lowest BCUT2D eigenvalue weighted by Crippen LogP contribution is -2.40. The van der Waals surface area contributed by atoms with Crippen molar-refractivity contribution in [2.45, 2.75) is 32.4 Å². The predicted molar refractivity (Wildman–Crippen MR) is 115 cm³/mol. The maximum absolute atomic E-state index is 13.1. The molecular formula is C25H27NO3. The third kappa shape index (κ3) is 5.17. The van der Waals surface area contributed by atoms with Crippen molar-refractivity contribution in [3.05, 3.63) is 95.6 Å². The number of hydrogen-bond acceptors (Lipinski definition) is 3. The number of amides is 1. The Morgan fingerprint density at radius 2 is 1.52 bits per heavy atom. The quantitative estimate of drug-likeness (QED) is 0.585. The molecule has 0 saturated carbocycles. The van der Waals surface area contributed by atoms with Gasteiger partial charge in [-0.3, -0.25) is 4.79 Å². The van der Waals surface area contributed by atoms with Gasteiger partial charge < -0.3 is 14.8 Å². The van der Waals surface area contributed by atoms with E-state index in [1.807, 2.05) is 73.7 Å². The molecule has 0 aliphatic carbocycles. The van der Waals surface area contributed by atoms with Crippen LogP contribution in [-0.2, 0) is 4.79 Å². The molecule has 0 aliphatic heterocycles. The van der Waals surface area contributed by atoms with Crippen LogP contribution in [0.3, 0.4) is 0 Å². The van der Waals surface area contributed by atoms with Crippen molar-refractivity contribution in [3.63, 3.8) is 0 Å². The molecule has 0 saturated heterocycles. The Balaban J connectivity index is 1.81. The Bertz CT molecular complexity index is 922. The summed E-state index contributed by atoms with van der Waals surface area (Å²) in [7, 11) is 1.62. The van der Waals surface area contributed by atoms with Crippen molar-refractivity contribution in [2.75, 3.05) is 7.11 Å². The molecule has 3 rings (SSSR count). The lowest BCUT2D eigenvalue weighted by atomic mass is 9.94. The summed E-state index contributed by atoms with van der Waals surface area (Å²) in [6.45, 7) is 4.00. The molecule has 0 unspecified atom stereocenters. The summed E-state index contributed by atoms with van der Waals surface area (Å²) in [6, 6.07) is 25.1. The number of ether oxygens (including phenoxy) is 2. The van der Waals surface area contributed by atoms with Crippen LogP contribution in [-0.4, -0.2) is 19.1 Å². The van der Waals surface area contributed by atoms with Gasteiger partial charge in [-0.15, -0.1) is 0 Å². The molecule has 0 radical (unpaired) electrons. The fourth-order valence-corrected chi connectivity index (χ4v) is 3.27. The van der Waals surface area contributed by atoms with Gasteiger partial charge in [-0.25, -0.2) is 0 Å². The smallest absolute Gasteiger partial charge is 0.261 e. The van der Waals surface area contributed by atoms with Crippen molar-refractivity contribution in [1.82, 2.24) is 5.32 Å². The summed E-state index contributed by atoms with van der Waals surface area (Å²) in [4.78, 5) is 13.1. The van der Waals surface area contributed by atoms with Gasteiger partial charge in [-0.2, -0.15) is 0 Å². The molecule has 4 heteroatoms. The van der Waals surface area contributed by atoms with E-state index in [1.54, 1.807) is 7.11 Å². The number of carbonyl (C=O) groups excluding carboxylic acids is 1. The van der Waals surface area contributed by atoms with Crippen molar-refractivity contribution in [2.24, 2.45) is 0 Å². The Kier molecular flexibility index (Phi) is 6.90. The largest absolute Gasteiger partial charge is 0.497 e. The van der Waals surface area contributed by atoms with Crippen LogP contribution < -0.4 is 14.8 Å². The average molecular weight is 389 g/mol. The summed E-state index contributed by atoms with van der Waals surface area (Å²) in [5.74, 6) is 1.25. The van der Waals surface area contributed by atoms with Crippen LogP contribution in [0.25, 0.3) is 0 Å². The number of carbonyl (C=O) groups is 1. The maximum atomic E-state index is 13.1. The topological polar surface area (TPSA) is 47.6 Å². The molecule has 0 spiro atoms. The molecule has 0 aromatic heterocycles. The van der Waals surface area contributed by atoms with E-state index in [-0.39, 0.29) is 11.9 Å². The van der Waals surface area contributed by atoms with Crippen LogP contribution in [0.15, 0.2) is 78.9 Å². The van der Waals surface area contributed by atoms with E-state index in [1.165, 1.54) is 0 Å². The number of methoxy groups -OCH3 is 1. The zero-order valence-electron chi connectivity index (χ0n) is 17.1. The third-order valence-electron chi connectivity index (χ3n) is 4.92. The van der Waals surface area contributed by atoms with E-state index >= 15 is 0 Å². The van der Waals surface area contributed by atoms with Gasteiger partial charge in [0.05, 0.1) is 13.2 Å². The minimum absolute atomic E-state index is 0.138. The molecule has 0 bridgehead atoms. The molecule has 29 heavy (non-hydrogen) atoms. The lowest BCUT2D eigenvalue weighted by Gasteiger charge is -2.25. The van der Waals surface area contributed by atoms with Gasteiger partial charge in [-0.1, -0.05) is 61.5 Å². The van der Waals surface area contributed by atoms with Gasteiger partial charge >= 0.3 is 0 Å². The Morgan fingerprint density at radius 1 is 0.897 bits per heavy atom. The van der Waals surface area contributed by atoms with E-state index in [2.05, 4.69) is 24.4 Å². The van der Waals surface area contributed by atoms with E-state index < -0.39 is 6.10 Å². The van der Waals surface area contributed by atoms with Crippen LogP contribution in [0, 0.1) is 6.92 Å². The van der Waals surface area contributed by atoms with Crippen LogP contribution >= 0.6 is 0 Å². The summed E-state index contributed by atoms with van der Waals surface area (Å²) >= 11 is 0. The Hall–Kier alpha value is -3.27. The fourth-order valence-electron chi connectivity index (χ4n) is 3.27. The molecule has 0 aliphatic rings. The molecule has 2 atom stereocenters. The first-order valence-corrected chi connectivity index (χ1v) is 9.84. The van der Waals surface area contributed by atoms with Crippen LogP contribution in [0.1, 0.15) is 36.1 Å². The van der Waals surface area contributed by atoms with E-state index in [0.717, 1.165) is 22.4 Å². The van der Waals surface area contributed by atoms with Crippen molar-refractivity contribution in [1.29, 1.82) is 0 Å². The first-order chi connectivity index (χ1) is 14.1. The van der Waals surface area contributed by atoms with Crippen LogP contribution in [0.2, 0.25) is 0 Å². The number of benzene rings is 3. The maximum Gasteiger partial charge on any atom is 0.261 e. The summed E-state index contributed by atoms with van der Waals surface area (Å²) in [5, 5.41) is 3.20. The molecule has 1 N–H and O–H groups in total. The molecule has 0 fully saturated rings. The summed E-state index contributed by atoms with van der Waals surface area (Å²) < 4.78 is 11.1. The molecule has 3 aromatic rings. The standard InChI is InChI=1S/C25H27NO3/c1-4-23(29-21-16-14-20(28-3)15-17-21)25(27)26-24(19-11-6-5-7-12-19)22-13-9-8-10-18(22)2/h5-17,23-24H,4H2,1-3H3,(H,26,27)/t23-,24-/m0/s1. The summed E-state index contributed by atoms with van der Waals surface area (Å²) in [6.07, 6.45) is -0.0220. The monoisotopic (exact) mass is 389 g/mol. The molecule has 150 valence electrons. The normalized spacial score (nSPS) is 12.7. The minimum Gasteiger partial charge on any atom is -0.497 e. The summed E-state index contributed by atoms with van der Waals surface area (Å²) in [5.41, 5.74) is 3.24. The third-order valence-corrected chi connectivity index (χ3v) is 4.92. The van der Waals surface area contributed by atoms with Gasteiger partial charge in [0.25, 0.3) is 5.91 Å². The highest BCUT2D eigenvalue weighted by Crippen LogP contribution is 2.26. The van der Waals surface area contributed by atoms with Gasteiger partial charge in [0.2, 0.25) is 0 Å². The van der Waals surface area contributed by atoms with Crippen molar-refractivity contribution < 1.29 is 14.3 Å². The molecule has 0 heterocycles. The first-order valence-electron chi connectivity index (χ1n) is 9.84. The number of aryl methyl sites for hydroxylation is 1. The van der Waals surface area contributed by atoms with E-state index in [9.17, 15) is 4.79 Å². The molecule has 1 amide bonds. The SMILES string of the molecule is CC[C@H](Oc1ccc(OC)cc1)C(=O)N[C@@H](c1ccccc1)c1ccccc1C. The molecule has 3 aromatic carbocycles. The van der Waals surface area contributed by atoms with Crippen molar-refractivity contribution in [3.8, 4) is 11.5 Å². The van der Waals surface area contributed by atoms with E-state index in [0.29, 0.717) is 12.2 Å². The van der Waals surface area contributed by atoms with Gasteiger partial charge in [0, 0.05) is 0 Å². The van der Waals surface area contributed by atoms with Gasteiger partial charge in [0.15, 0.2) is 6.10 Å². The highest BCUT2D eigenvalue weighted by atomic mass is 16.5. The second kappa shape index (κ2) is 9.78. The van der Waals surface area contributed by atoms with Gasteiger partial charge in [0.1, 0.15) is 11.5 Å². The minimum atomic E-state index is -0.585. The first kappa shape index (κ1) is 20.5. The van der Waals surface area contributed by atoms with E-state index in [4.69, 9.17) is 9.47 Å². The number of hydrogen-bond donors (Lipinski definition) is 1. The number of nitrogens with one attached hydrogen (secondary N) is 1. The van der Waals surface area contributed by atoms with Crippen LogP contribution in [0.4, 0.5) is 0 Å². The Morgan fingerprint density at radius 3 is 2.14 bits per heavy atom. The zero-order valence-corrected chi connectivity index (χ0v) is 17.1. The molecular weight excluding hydrogens is 362 g/mol. The second-order valence-corrected chi connectivity index (χ2v) is 6.90. The van der Waals surface area contributed by atoms with Crippen molar-refractivity contribution >= 4 is 5.91 Å². The fraction of sp³-hybridized carbons (Fsp3) is 0.240.